The normalized spacial score (nSPS) is 12.0. The van der Waals surface area contributed by atoms with E-state index >= 15 is 0 Å². The topological polar surface area (TPSA) is 140 Å². The van der Waals surface area contributed by atoms with E-state index in [1.165, 1.54) is 30.8 Å². The molecule has 194 valence electrons. The van der Waals surface area contributed by atoms with Crippen molar-refractivity contribution in [2.45, 2.75) is 57.8 Å². The second-order valence-electron chi connectivity index (χ2n) is 9.68. The van der Waals surface area contributed by atoms with E-state index in [9.17, 15) is 23.1 Å². The number of rotatable bonds is 10. The predicted molar refractivity (Wildman–Crippen MR) is 135 cm³/mol. The highest BCUT2D eigenvalue weighted by Crippen LogP contribution is 2.38. The van der Waals surface area contributed by atoms with Gasteiger partial charge < -0.3 is 20.0 Å². The molecule has 10 nitrogen and oxygen atoms in total. The van der Waals surface area contributed by atoms with Crippen LogP contribution in [0.2, 0.25) is 0 Å². The number of amides is 1. The summed E-state index contributed by atoms with van der Waals surface area (Å²) in [6.07, 6.45) is 0.455. The standard InChI is InChI=1S/C25H32N4O6S/c1-16(30)7-6-12-36(33,34)19-8-9-21-22(15-19)28-29(27-21)23-14-18(35-11-10-26-17(2)31)13-20(24(23)32)25(3,4)5/h8-9,13-15,32H,6-7,10-12H2,1-5H3,(H,26,31). The van der Waals surface area contributed by atoms with Gasteiger partial charge in [0, 0.05) is 25.0 Å². The van der Waals surface area contributed by atoms with Gasteiger partial charge in [0.25, 0.3) is 0 Å². The molecular formula is C25H32N4O6S. The molecule has 0 spiro atoms. The fourth-order valence-corrected chi connectivity index (χ4v) is 4.95. The van der Waals surface area contributed by atoms with Crippen LogP contribution in [0.25, 0.3) is 16.7 Å². The number of phenolic OH excluding ortho intramolecular Hbond substituents is 1. The lowest BCUT2D eigenvalue weighted by molar-refractivity contribution is -0.119. The summed E-state index contributed by atoms with van der Waals surface area (Å²) >= 11 is 0. The average molecular weight is 517 g/mol. The molecule has 36 heavy (non-hydrogen) atoms. The van der Waals surface area contributed by atoms with Crippen LogP contribution in [0.4, 0.5) is 0 Å². The lowest BCUT2D eigenvalue weighted by Gasteiger charge is -2.23. The molecule has 1 amide bonds. The smallest absolute Gasteiger partial charge is 0.216 e. The molecule has 2 N–H and O–H groups in total. The van der Waals surface area contributed by atoms with E-state index in [1.54, 1.807) is 18.2 Å². The molecule has 1 aromatic heterocycles. The third-order valence-electron chi connectivity index (χ3n) is 5.48. The van der Waals surface area contributed by atoms with Gasteiger partial charge in [-0.25, -0.2) is 8.42 Å². The zero-order chi connectivity index (χ0) is 26.7. The van der Waals surface area contributed by atoms with Crippen LogP contribution in [0.15, 0.2) is 35.2 Å². The minimum atomic E-state index is -3.59. The van der Waals surface area contributed by atoms with Crippen LogP contribution in [0.3, 0.4) is 0 Å². The number of nitrogens with zero attached hydrogens (tertiary/aromatic N) is 3. The van der Waals surface area contributed by atoms with Gasteiger partial charge in [-0.05, 0) is 43.0 Å². The predicted octanol–water partition coefficient (Wildman–Crippen LogP) is 3.08. The summed E-state index contributed by atoms with van der Waals surface area (Å²) in [6.45, 7) is 9.25. The summed E-state index contributed by atoms with van der Waals surface area (Å²) in [7, 11) is -3.59. The largest absolute Gasteiger partial charge is 0.505 e. The van der Waals surface area contributed by atoms with Crippen molar-refractivity contribution < 1.29 is 27.9 Å². The van der Waals surface area contributed by atoms with Crippen molar-refractivity contribution in [1.82, 2.24) is 20.3 Å². The number of benzene rings is 2. The van der Waals surface area contributed by atoms with Crippen molar-refractivity contribution in [1.29, 1.82) is 0 Å². The number of aromatic hydroxyl groups is 1. The molecule has 0 bridgehead atoms. The quantitative estimate of drug-likeness (QED) is 0.392. The summed E-state index contributed by atoms with van der Waals surface area (Å²) in [4.78, 5) is 23.6. The van der Waals surface area contributed by atoms with E-state index in [0.717, 1.165) is 0 Å². The Morgan fingerprint density at radius 1 is 1.08 bits per heavy atom. The summed E-state index contributed by atoms with van der Waals surface area (Å²) < 4.78 is 31.2. The minimum Gasteiger partial charge on any atom is -0.505 e. The van der Waals surface area contributed by atoms with E-state index < -0.39 is 15.3 Å². The number of fused-ring (bicyclic) bond motifs is 1. The number of nitrogens with one attached hydrogen (secondary N) is 1. The third-order valence-corrected chi connectivity index (χ3v) is 7.28. The number of phenols is 1. The zero-order valence-electron chi connectivity index (χ0n) is 21.2. The molecule has 11 heteroatoms. The second-order valence-corrected chi connectivity index (χ2v) is 11.8. The molecule has 0 fully saturated rings. The van der Waals surface area contributed by atoms with Crippen LogP contribution < -0.4 is 10.1 Å². The highest BCUT2D eigenvalue weighted by atomic mass is 32.2. The van der Waals surface area contributed by atoms with E-state index in [-0.39, 0.29) is 53.2 Å². The monoisotopic (exact) mass is 516 g/mol. The van der Waals surface area contributed by atoms with Crippen molar-refractivity contribution in [3.05, 3.63) is 35.9 Å². The molecule has 0 aliphatic carbocycles. The first-order chi connectivity index (χ1) is 16.8. The molecule has 3 rings (SSSR count). The fourth-order valence-electron chi connectivity index (χ4n) is 3.62. The molecule has 2 aromatic carbocycles. The van der Waals surface area contributed by atoms with E-state index in [4.69, 9.17) is 4.74 Å². The zero-order valence-corrected chi connectivity index (χ0v) is 22.0. The molecule has 0 unspecified atom stereocenters. The summed E-state index contributed by atoms with van der Waals surface area (Å²) in [6, 6.07) is 7.80. The van der Waals surface area contributed by atoms with E-state index in [0.29, 0.717) is 28.9 Å². The van der Waals surface area contributed by atoms with Crippen LogP contribution in [-0.4, -0.2) is 59.1 Å². The molecular weight excluding hydrogens is 484 g/mol. The maximum atomic E-state index is 12.7. The molecule has 0 saturated carbocycles. The van der Waals surface area contributed by atoms with Gasteiger partial charge >= 0.3 is 0 Å². The van der Waals surface area contributed by atoms with Crippen molar-refractivity contribution >= 4 is 32.6 Å². The summed E-state index contributed by atoms with van der Waals surface area (Å²) in [5, 5.41) is 22.6. The lowest BCUT2D eigenvalue weighted by atomic mass is 9.86. The summed E-state index contributed by atoms with van der Waals surface area (Å²) in [5.74, 6) is 0.0921. The van der Waals surface area contributed by atoms with Gasteiger partial charge in [-0.3, -0.25) is 4.79 Å². The SMILES string of the molecule is CC(=O)CCCS(=O)(=O)c1ccc2nn(-c3cc(OCCNC(C)=O)cc(C(C)(C)C)c3O)nc2c1. The first-order valence-electron chi connectivity index (χ1n) is 11.6. The van der Waals surface area contributed by atoms with Gasteiger partial charge in [-0.15, -0.1) is 15.0 Å². The second kappa shape index (κ2) is 10.7. The van der Waals surface area contributed by atoms with Crippen molar-refractivity contribution in [3.8, 4) is 17.2 Å². The van der Waals surface area contributed by atoms with Gasteiger partial charge in [-0.2, -0.15) is 0 Å². The Labute approximate surface area is 210 Å². The Bertz CT molecular complexity index is 1390. The van der Waals surface area contributed by atoms with Crippen LogP contribution in [-0.2, 0) is 24.8 Å². The Hall–Kier alpha value is -3.47. The number of Topliss-reactive ketones (excluding diaryl/α,β-unsaturated/α-hetero) is 1. The number of aromatic nitrogens is 3. The Morgan fingerprint density at radius 3 is 2.42 bits per heavy atom. The number of hydrogen-bond acceptors (Lipinski definition) is 8. The molecule has 1 heterocycles. The molecule has 3 aromatic rings. The number of hydrogen-bond donors (Lipinski definition) is 2. The van der Waals surface area contributed by atoms with Crippen molar-refractivity contribution in [2.24, 2.45) is 0 Å². The molecule has 0 radical (unpaired) electrons. The van der Waals surface area contributed by atoms with Gasteiger partial charge in [0.1, 0.15) is 40.6 Å². The highest BCUT2D eigenvalue weighted by molar-refractivity contribution is 7.91. The third kappa shape index (κ3) is 6.60. The van der Waals surface area contributed by atoms with Crippen LogP contribution >= 0.6 is 0 Å². The van der Waals surface area contributed by atoms with Gasteiger partial charge in [-0.1, -0.05) is 20.8 Å². The lowest BCUT2D eigenvalue weighted by Crippen LogP contribution is -2.25. The number of ether oxygens (including phenoxy) is 1. The van der Waals surface area contributed by atoms with Crippen LogP contribution in [0.1, 0.15) is 53.0 Å². The van der Waals surface area contributed by atoms with E-state index in [2.05, 4.69) is 15.5 Å². The number of ketones is 1. The maximum absolute atomic E-state index is 12.7. The van der Waals surface area contributed by atoms with E-state index in [1.807, 2.05) is 20.8 Å². The molecule has 0 saturated heterocycles. The maximum Gasteiger partial charge on any atom is 0.216 e. The number of carbonyl (C=O) groups is 2. The Kier molecular flexibility index (Phi) is 8.02. The van der Waals surface area contributed by atoms with Gasteiger partial charge in [0.15, 0.2) is 9.84 Å². The molecule has 0 aliphatic heterocycles. The van der Waals surface area contributed by atoms with Crippen molar-refractivity contribution in [3.63, 3.8) is 0 Å². The van der Waals surface area contributed by atoms with Crippen LogP contribution in [0.5, 0.6) is 11.5 Å². The van der Waals surface area contributed by atoms with Gasteiger partial charge in [0.2, 0.25) is 5.91 Å². The number of sulfone groups is 1. The Balaban J connectivity index is 1.97. The first-order valence-corrected chi connectivity index (χ1v) is 13.3. The highest BCUT2D eigenvalue weighted by Gasteiger charge is 2.24. The van der Waals surface area contributed by atoms with Gasteiger partial charge in [0.05, 0.1) is 17.2 Å². The van der Waals surface area contributed by atoms with Crippen LogP contribution in [0, 0.1) is 0 Å². The first kappa shape index (κ1) is 27.1. The molecule has 0 atom stereocenters. The average Bonchev–Trinajstić information content (AvgIpc) is 3.19. The summed E-state index contributed by atoms with van der Waals surface area (Å²) in [5.41, 5.74) is 1.26. The minimum absolute atomic E-state index is 0.0194. The molecule has 0 aliphatic rings. The Morgan fingerprint density at radius 2 is 1.78 bits per heavy atom. The number of carbonyl (C=O) groups excluding carboxylic acids is 2. The fraction of sp³-hybridized carbons (Fsp3) is 0.440. The van der Waals surface area contributed by atoms with Crippen molar-refractivity contribution in [2.75, 3.05) is 18.9 Å².